The van der Waals surface area contributed by atoms with Gasteiger partial charge in [0, 0.05) is 0 Å². The van der Waals surface area contributed by atoms with Crippen LogP contribution in [-0.2, 0) is 21.7 Å². The zero-order valence-corrected chi connectivity index (χ0v) is 24.4. The van der Waals surface area contributed by atoms with Crippen LogP contribution in [0.3, 0.4) is 0 Å². The van der Waals surface area contributed by atoms with Gasteiger partial charge in [-0.2, -0.15) is 0 Å². The predicted molar refractivity (Wildman–Crippen MR) is 156 cm³/mol. The Bertz CT molecular complexity index is 1330. The number of nitrogens with one attached hydrogen (secondary N) is 4. The number of para-hydroxylation sites is 4. The molecule has 17 heteroatoms. The summed E-state index contributed by atoms with van der Waals surface area (Å²) in [6.45, 7) is 0. The Morgan fingerprint density at radius 3 is 0.667 bits per heavy atom. The molecular weight excluding hydrogens is 632 g/mol. The van der Waals surface area contributed by atoms with Gasteiger partial charge in [-0.15, -0.1) is 0 Å². The molecule has 0 saturated carbocycles. The molecule has 4 amide bonds. The number of hydroxylamine groups is 4. The quantitative estimate of drug-likeness (QED) is 0.116. The van der Waals surface area contributed by atoms with Crippen LogP contribution in [0.25, 0.3) is 0 Å². The maximum absolute atomic E-state index is 10.7. The fraction of sp³-hybridized carbons (Fsp3) is 0. The van der Waals surface area contributed by atoms with Gasteiger partial charge in [0.25, 0.3) is 0 Å². The minimum atomic E-state index is -0.830. The van der Waals surface area contributed by atoms with E-state index in [9.17, 15) is 40.0 Å². The first-order chi connectivity index (χ1) is 21.0. The molecule has 0 radical (unpaired) electrons. The number of hydrogen-bond donors (Lipinski definition) is 8. The minimum absolute atomic E-state index is 0. The molecule has 4 rings (SSSR count). The average Bonchev–Trinajstić information content (AvgIpc) is 3.05. The number of phenolic OH excluding ortho intramolecular Hbond substituents is 4. The van der Waals surface area contributed by atoms with Crippen LogP contribution in [0.1, 0.15) is 41.4 Å². The Balaban J connectivity index is 0.000000569. The molecule has 0 fully saturated rings. The minimum Gasteiger partial charge on any atom is -0.759 e. The molecule has 0 aliphatic heterocycles. The molecule has 0 unspecified atom stereocenters. The van der Waals surface area contributed by atoms with Gasteiger partial charge in [-0.3, -0.25) is 19.2 Å². The topological polar surface area (TPSA) is 290 Å². The molecule has 0 aromatic heterocycles. The van der Waals surface area contributed by atoms with Crippen LogP contribution in [0.4, 0.5) is 0 Å². The number of aromatic hydroxyl groups is 4. The Hall–Kier alpha value is -5.49. The molecule has 0 atom stereocenters. The molecule has 45 heavy (non-hydrogen) atoms. The van der Waals surface area contributed by atoms with E-state index < -0.39 is 23.6 Å². The first-order valence-electron chi connectivity index (χ1n) is 11.8. The summed E-state index contributed by atoms with van der Waals surface area (Å²) in [4.78, 5) is 42.6. The smallest absolute Gasteiger partial charge is 0.759 e. The summed E-state index contributed by atoms with van der Waals surface area (Å²) >= 11 is 0. The van der Waals surface area contributed by atoms with Gasteiger partial charge in [0.2, 0.25) is 23.6 Å². The number of phenols is 4. The molecule has 0 saturated heterocycles. The van der Waals surface area contributed by atoms with Crippen molar-refractivity contribution >= 4 is 23.6 Å². The predicted octanol–water partition coefficient (Wildman–Crippen LogP) is 2.48. The second-order valence-corrected chi connectivity index (χ2v) is 7.79. The van der Waals surface area contributed by atoms with E-state index in [0.29, 0.717) is 0 Å². The number of benzene rings is 4. The first kappa shape index (κ1) is 39.5. The van der Waals surface area contributed by atoms with Crippen LogP contribution < -0.4 is 21.9 Å². The van der Waals surface area contributed by atoms with Crippen molar-refractivity contribution in [3.05, 3.63) is 140 Å². The second-order valence-electron chi connectivity index (χ2n) is 7.79. The monoisotopic (exact) mass is 656 g/mol. The maximum Gasteiger partial charge on any atom is 4.00 e. The van der Waals surface area contributed by atoms with Gasteiger partial charge in [0.05, 0.1) is 22.3 Å². The number of amides is 4. The van der Waals surface area contributed by atoms with Crippen molar-refractivity contribution in [2.24, 2.45) is 0 Å². The van der Waals surface area contributed by atoms with Crippen LogP contribution >= 0.6 is 0 Å². The molecule has 232 valence electrons. The van der Waals surface area contributed by atoms with Crippen LogP contribution in [0.2, 0.25) is 0 Å². The van der Waals surface area contributed by atoms with E-state index in [0.717, 1.165) is 0 Å². The summed E-state index contributed by atoms with van der Waals surface area (Å²) in [7, 11) is 0. The number of carbonyl (C=O) groups excluding carboxylic acids is 4. The van der Waals surface area contributed by atoms with E-state index in [2.05, 4.69) is 0 Å². The van der Waals surface area contributed by atoms with Gasteiger partial charge in [0.15, 0.2) is 0 Å². The van der Waals surface area contributed by atoms with E-state index in [1.807, 2.05) is 0 Å². The third kappa shape index (κ3) is 13.1. The summed E-state index contributed by atoms with van der Waals surface area (Å²) in [6.07, 6.45) is 0. The molecule has 4 aromatic rings. The molecule has 16 nitrogen and oxygen atoms in total. The summed E-state index contributed by atoms with van der Waals surface area (Å²) in [6, 6.07) is 23.3. The van der Waals surface area contributed by atoms with Gasteiger partial charge in [-0.25, -0.2) is 0 Å². The van der Waals surface area contributed by atoms with E-state index in [1.54, 1.807) is 48.5 Å². The molecule has 0 aliphatic carbocycles. The summed E-state index contributed by atoms with van der Waals surface area (Å²) < 4.78 is 0. The van der Waals surface area contributed by atoms with E-state index >= 15 is 0 Å². The van der Waals surface area contributed by atoms with Gasteiger partial charge in [-0.05, 0) is 48.5 Å². The fourth-order valence-electron chi connectivity index (χ4n) is 2.88. The second kappa shape index (κ2) is 21.2. The van der Waals surface area contributed by atoms with Crippen molar-refractivity contribution in [2.45, 2.75) is 0 Å². The average molecular weight is 656 g/mol. The van der Waals surface area contributed by atoms with Crippen LogP contribution in [0.15, 0.2) is 97.1 Å². The zero-order chi connectivity index (χ0) is 33.1. The summed E-state index contributed by atoms with van der Waals surface area (Å²) in [5.74, 6) is -4.10. The summed E-state index contributed by atoms with van der Waals surface area (Å²) in [5.41, 5.74) is 4.65. The largest absolute Gasteiger partial charge is 4.00 e. The summed E-state index contributed by atoms with van der Waals surface area (Å²) in [5, 5.41) is 75.5. The Kier molecular flexibility index (Phi) is 18.7. The fourth-order valence-corrected chi connectivity index (χ4v) is 2.88. The molecule has 0 heterocycles. The molecule has 0 aliphatic rings. The van der Waals surface area contributed by atoms with Crippen LogP contribution in [0.5, 0.6) is 23.0 Å². The third-order valence-electron chi connectivity index (χ3n) is 4.97. The first-order valence-corrected chi connectivity index (χ1v) is 11.8. The Morgan fingerprint density at radius 2 is 0.533 bits per heavy atom. The van der Waals surface area contributed by atoms with E-state index in [4.69, 9.17) is 20.4 Å². The van der Waals surface area contributed by atoms with Gasteiger partial charge in [-0.1, -0.05) is 48.5 Å². The Labute approximate surface area is 269 Å². The van der Waals surface area contributed by atoms with E-state index in [1.165, 1.54) is 70.5 Å². The van der Waals surface area contributed by atoms with Crippen molar-refractivity contribution in [3.63, 3.8) is 0 Å². The molecule has 8 N–H and O–H groups in total. The number of hydrogen-bond acceptors (Lipinski definition) is 12. The van der Waals surface area contributed by atoms with Crippen molar-refractivity contribution in [1.29, 1.82) is 0 Å². The van der Waals surface area contributed by atoms with E-state index in [-0.39, 0.29) is 67.0 Å². The van der Waals surface area contributed by atoms with Gasteiger partial charge in [0.1, 0.15) is 23.0 Å². The third-order valence-corrected chi connectivity index (χ3v) is 4.97. The number of carbonyl (C=O) groups is 4. The van der Waals surface area contributed by atoms with Crippen molar-refractivity contribution in [3.8, 4) is 23.0 Å². The van der Waals surface area contributed by atoms with Crippen molar-refractivity contribution < 1.29 is 61.3 Å². The molecule has 0 spiro atoms. The zero-order valence-electron chi connectivity index (χ0n) is 22.8. The van der Waals surface area contributed by atoms with Crippen molar-refractivity contribution in [2.75, 3.05) is 0 Å². The maximum atomic E-state index is 10.7. The normalized spacial score (nSPS) is 8.98. The van der Waals surface area contributed by atoms with Crippen molar-refractivity contribution in [1.82, 2.24) is 21.9 Å². The van der Waals surface area contributed by atoms with Crippen LogP contribution in [0, 0.1) is 20.8 Å². The Morgan fingerprint density at radius 1 is 0.378 bits per heavy atom. The molecule has 4 aromatic carbocycles. The molecular formula is C28H24N4O12Ti. The number of rotatable bonds is 4. The molecule has 0 bridgehead atoms. The standard InChI is InChI=1S/4C7H6NO3.Ti/c4*9-6-4-2-1-3-5(6)7(10)8-11;/h4*1-4H,(H2-,8,9,10,11);/q4*-1;+4. The SMILES string of the molecule is O=C(N[O-])c1ccccc1O.O=C(N[O-])c1ccccc1O.O=C(N[O-])c1ccccc1O.O=C(N[O-])c1ccccc1O.[Ti+4]. The van der Waals surface area contributed by atoms with Crippen LogP contribution in [-0.4, -0.2) is 44.1 Å². The van der Waals surface area contributed by atoms with Gasteiger partial charge >= 0.3 is 21.7 Å². The van der Waals surface area contributed by atoms with Gasteiger partial charge < -0.3 is 63.2 Å².